The maximum Gasteiger partial charge on any atom is 0.138 e. The molecule has 0 saturated carbocycles. The van der Waals surface area contributed by atoms with Gasteiger partial charge in [0.2, 0.25) is 0 Å². The standard InChI is InChI=1S/C16H20N2O/c1-12-7-13(2)9-14(8-12)11-19-16-4-3-15(5-6-17)18-10-16/h3-4,7-10H,5-6,11,17H2,1-2H3. The Morgan fingerprint density at radius 2 is 1.84 bits per heavy atom. The summed E-state index contributed by atoms with van der Waals surface area (Å²) in [6.45, 7) is 5.38. The van der Waals surface area contributed by atoms with Crippen LogP contribution in [-0.2, 0) is 13.0 Å². The summed E-state index contributed by atoms with van der Waals surface area (Å²) in [5.41, 5.74) is 10.2. The maximum absolute atomic E-state index is 5.74. The van der Waals surface area contributed by atoms with Crippen molar-refractivity contribution in [3.8, 4) is 5.75 Å². The molecule has 100 valence electrons. The van der Waals surface area contributed by atoms with Crippen molar-refractivity contribution in [2.45, 2.75) is 26.9 Å². The van der Waals surface area contributed by atoms with E-state index in [9.17, 15) is 0 Å². The second-order valence-electron chi connectivity index (χ2n) is 4.81. The summed E-state index contributed by atoms with van der Waals surface area (Å²) in [7, 11) is 0. The van der Waals surface area contributed by atoms with Gasteiger partial charge in [0.15, 0.2) is 0 Å². The number of aromatic nitrogens is 1. The molecule has 3 nitrogen and oxygen atoms in total. The average Bonchev–Trinajstić information content (AvgIpc) is 2.37. The Hall–Kier alpha value is -1.87. The fourth-order valence-corrected chi connectivity index (χ4v) is 2.11. The minimum absolute atomic E-state index is 0.570. The number of aryl methyl sites for hydroxylation is 2. The monoisotopic (exact) mass is 256 g/mol. The molecular weight excluding hydrogens is 236 g/mol. The molecule has 0 atom stereocenters. The molecule has 0 radical (unpaired) electrons. The lowest BCUT2D eigenvalue weighted by molar-refractivity contribution is 0.304. The van der Waals surface area contributed by atoms with Gasteiger partial charge in [-0.25, -0.2) is 0 Å². The van der Waals surface area contributed by atoms with Gasteiger partial charge in [0.25, 0.3) is 0 Å². The van der Waals surface area contributed by atoms with Gasteiger partial charge in [0.1, 0.15) is 12.4 Å². The fourth-order valence-electron chi connectivity index (χ4n) is 2.11. The zero-order valence-electron chi connectivity index (χ0n) is 11.5. The smallest absolute Gasteiger partial charge is 0.138 e. The van der Waals surface area contributed by atoms with Crippen LogP contribution in [0.25, 0.3) is 0 Å². The number of hydrogen-bond acceptors (Lipinski definition) is 3. The third-order valence-electron chi connectivity index (χ3n) is 2.89. The van der Waals surface area contributed by atoms with Gasteiger partial charge in [0.05, 0.1) is 6.20 Å². The number of pyridine rings is 1. The van der Waals surface area contributed by atoms with E-state index in [1.54, 1.807) is 6.20 Å². The molecule has 19 heavy (non-hydrogen) atoms. The van der Waals surface area contributed by atoms with Crippen molar-refractivity contribution in [2.24, 2.45) is 5.73 Å². The first-order valence-electron chi connectivity index (χ1n) is 6.52. The van der Waals surface area contributed by atoms with Crippen LogP contribution in [-0.4, -0.2) is 11.5 Å². The lowest BCUT2D eigenvalue weighted by atomic mass is 10.1. The Morgan fingerprint density at radius 3 is 2.42 bits per heavy atom. The van der Waals surface area contributed by atoms with Crippen LogP contribution in [0.15, 0.2) is 36.5 Å². The molecule has 0 amide bonds. The molecule has 0 saturated heterocycles. The summed E-state index contributed by atoms with van der Waals surface area (Å²) in [4.78, 5) is 4.31. The van der Waals surface area contributed by atoms with E-state index in [1.807, 2.05) is 12.1 Å². The normalized spacial score (nSPS) is 10.5. The first-order valence-corrected chi connectivity index (χ1v) is 6.52. The highest BCUT2D eigenvalue weighted by molar-refractivity contribution is 5.29. The van der Waals surface area contributed by atoms with E-state index >= 15 is 0 Å². The van der Waals surface area contributed by atoms with Crippen LogP contribution in [0.3, 0.4) is 0 Å². The molecule has 1 heterocycles. The maximum atomic E-state index is 5.74. The number of benzene rings is 1. The zero-order chi connectivity index (χ0) is 13.7. The van der Waals surface area contributed by atoms with E-state index in [-0.39, 0.29) is 0 Å². The van der Waals surface area contributed by atoms with Crippen LogP contribution >= 0.6 is 0 Å². The predicted octanol–water partition coefficient (Wildman–Crippen LogP) is 2.78. The van der Waals surface area contributed by atoms with Crippen molar-refractivity contribution in [1.29, 1.82) is 0 Å². The van der Waals surface area contributed by atoms with Gasteiger partial charge in [-0.15, -0.1) is 0 Å². The van der Waals surface area contributed by atoms with Gasteiger partial charge >= 0.3 is 0 Å². The third kappa shape index (κ3) is 4.07. The van der Waals surface area contributed by atoms with Crippen LogP contribution in [0.1, 0.15) is 22.4 Å². The molecule has 0 aliphatic heterocycles. The van der Waals surface area contributed by atoms with Gasteiger partial charge in [-0.1, -0.05) is 29.3 Å². The summed E-state index contributed by atoms with van der Waals surface area (Å²) in [5.74, 6) is 0.792. The second kappa shape index (κ2) is 6.34. The molecule has 1 aromatic carbocycles. The zero-order valence-corrected chi connectivity index (χ0v) is 11.5. The largest absolute Gasteiger partial charge is 0.487 e. The molecule has 0 fully saturated rings. The number of nitrogens with zero attached hydrogens (tertiary/aromatic N) is 1. The lowest BCUT2D eigenvalue weighted by Gasteiger charge is -2.08. The third-order valence-corrected chi connectivity index (χ3v) is 2.89. The Kier molecular flexibility index (Phi) is 4.53. The molecule has 2 aromatic rings. The number of rotatable bonds is 5. The molecule has 0 aliphatic rings. The molecule has 2 N–H and O–H groups in total. The Labute approximate surface area is 114 Å². The molecule has 2 rings (SSSR count). The number of nitrogens with two attached hydrogens (primary N) is 1. The van der Waals surface area contributed by atoms with Crippen molar-refractivity contribution >= 4 is 0 Å². The van der Waals surface area contributed by atoms with E-state index in [4.69, 9.17) is 10.5 Å². The Morgan fingerprint density at radius 1 is 1.11 bits per heavy atom. The molecule has 0 aliphatic carbocycles. The summed E-state index contributed by atoms with van der Waals surface area (Å²) in [5, 5.41) is 0. The molecule has 3 heteroatoms. The van der Waals surface area contributed by atoms with Crippen LogP contribution in [0.2, 0.25) is 0 Å². The summed E-state index contributed by atoms with van der Waals surface area (Å²) in [6, 6.07) is 10.4. The van der Waals surface area contributed by atoms with Gasteiger partial charge in [-0.3, -0.25) is 4.98 Å². The van der Waals surface area contributed by atoms with E-state index < -0.39 is 0 Å². The minimum atomic E-state index is 0.570. The van der Waals surface area contributed by atoms with E-state index in [0.29, 0.717) is 13.2 Å². The molecule has 1 aromatic heterocycles. The second-order valence-corrected chi connectivity index (χ2v) is 4.81. The Bertz CT molecular complexity index is 515. The van der Waals surface area contributed by atoms with Crippen molar-refractivity contribution in [2.75, 3.05) is 6.54 Å². The van der Waals surface area contributed by atoms with Gasteiger partial charge in [-0.2, -0.15) is 0 Å². The summed E-state index contributed by atoms with van der Waals surface area (Å²) < 4.78 is 5.74. The fraction of sp³-hybridized carbons (Fsp3) is 0.312. The van der Waals surface area contributed by atoms with Crippen LogP contribution < -0.4 is 10.5 Å². The molecule has 0 spiro atoms. The quantitative estimate of drug-likeness (QED) is 0.895. The topological polar surface area (TPSA) is 48.1 Å². The Balaban J connectivity index is 1.98. The van der Waals surface area contributed by atoms with Crippen molar-refractivity contribution in [1.82, 2.24) is 4.98 Å². The van der Waals surface area contributed by atoms with Crippen LogP contribution in [0.5, 0.6) is 5.75 Å². The molecular formula is C16H20N2O. The lowest BCUT2D eigenvalue weighted by Crippen LogP contribution is -2.04. The highest BCUT2D eigenvalue weighted by Gasteiger charge is 1.99. The first kappa shape index (κ1) is 13.6. The highest BCUT2D eigenvalue weighted by Crippen LogP contribution is 2.14. The van der Waals surface area contributed by atoms with E-state index in [2.05, 4.69) is 37.0 Å². The van der Waals surface area contributed by atoms with Crippen molar-refractivity contribution in [3.63, 3.8) is 0 Å². The van der Waals surface area contributed by atoms with E-state index in [1.165, 1.54) is 16.7 Å². The average molecular weight is 256 g/mol. The predicted molar refractivity (Wildman–Crippen MR) is 77.2 cm³/mol. The molecule has 0 unspecified atom stereocenters. The van der Waals surface area contributed by atoms with E-state index in [0.717, 1.165) is 17.9 Å². The number of hydrogen-bond donors (Lipinski definition) is 1. The summed E-state index contributed by atoms with van der Waals surface area (Å²) >= 11 is 0. The van der Waals surface area contributed by atoms with Crippen LogP contribution in [0, 0.1) is 13.8 Å². The SMILES string of the molecule is Cc1cc(C)cc(COc2ccc(CCN)nc2)c1. The van der Waals surface area contributed by atoms with Gasteiger partial charge in [0, 0.05) is 12.1 Å². The number of ether oxygens (including phenoxy) is 1. The van der Waals surface area contributed by atoms with Gasteiger partial charge in [-0.05, 0) is 38.1 Å². The van der Waals surface area contributed by atoms with Crippen molar-refractivity contribution < 1.29 is 4.74 Å². The van der Waals surface area contributed by atoms with Crippen molar-refractivity contribution in [3.05, 3.63) is 58.9 Å². The first-order chi connectivity index (χ1) is 9.17. The van der Waals surface area contributed by atoms with Crippen LogP contribution in [0.4, 0.5) is 0 Å². The summed E-state index contributed by atoms with van der Waals surface area (Å²) in [6.07, 6.45) is 2.56. The van der Waals surface area contributed by atoms with Gasteiger partial charge < -0.3 is 10.5 Å². The molecule has 0 bridgehead atoms. The minimum Gasteiger partial charge on any atom is -0.487 e. The highest BCUT2D eigenvalue weighted by atomic mass is 16.5.